The maximum atomic E-state index is 12.1. The Morgan fingerprint density at radius 2 is 2.21 bits per heavy atom. The minimum atomic E-state index is -3.45. The third-order valence-corrected chi connectivity index (χ3v) is 5.07. The van der Waals surface area contributed by atoms with Crippen molar-refractivity contribution in [1.82, 2.24) is 4.98 Å². The third kappa shape index (κ3) is 3.22. The second-order valence-corrected chi connectivity index (χ2v) is 7.97. The predicted molar refractivity (Wildman–Crippen MR) is 72.9 cm³/mol. The Balaban J connectivity index is 2.03. The van der Waals surface area contributed by atoms with Crippen molar-refractivity contribution in [3.8, 4) is 5.88 Å². The van der Waals surface area contributed by atoms with E-state index in [1.54, 1.807) is 33.0 Å². The largest absolute Gasteiger partial charge is 0.475 e. The summed E-state index contributed by atoms with van der Waals surface area (Å²) in [7, 11) is -3.45. The van der Waals surface area contributed by atoms with Gasteiger partial charge < -0.3 is 14.5 Å². The van der Waals surface area contributed by atoms with E-state index >= 15 is 0 Å². The first kappa shape index (κ1) is 14.2. The lowest BCUT2D eigenvalue weighted by Crippen LogP contribution is -2.34. The van der Waals surface area contributed by atoms with E-state index in [4.69, 9.17) is 9.47 Å². The van der Waals surface area contributed by atoms with Crippen LogP contribution in [-0.2, 0) is 14.8 Å². The molecule has 0 amide bonds. The smallest absolute Gasteiger partial charge is 0.237 e. The van der Waals surface area contributed by atoms with Crippen molar-refractivity contribution in [1.29, 1.82) is 0 Å². The lowest BCUT2D eigenvalue weighted by Gasteiger charge is -2.26. The molecule has 1 aromatic heterocycles. The molecule has 1 atom stereocenters. The summed E-state index contributed by atoms with van der Waals surface area (Å²) < 4.78 is 36.6. The molecule has 0 bridgehead atoms. The summed E-state index contributed by atoms with van der Waals surface area (Å²) in [5.41, 5.74) is 0.425. The average molecular weight is 288 g/mol. The molecule has 108 valence electrons. The summed E-state index contributed by atoms with van der Waals surface area (Å²) in [5, 5.41) is 0. The highest BCUT2D eigenvalue weighted by atomic mass is 32.2. The van der Waals surface area contributed by atoms with Crippen LogP contribution in [0.15, 0.2) is 12.3 Å². The van der Waals surface area contributed by atoms with E-state index in [0.717, 1.165) is 13.0 Å². The van der Waals surface area contributed by atoms with Crippen molar-refractivity contribution in [3.63, 3.8) is 0 Å². The van der Waals surface area contributed by atoms with Gasteiger partial charge in [0.1, 0.15) is 12.3 Å². The predicted octanol–water partition coefficient (Wildman–Crippen LogP) is 1.72. The van der Waals surface area contributed by atoms with E-state index in [2.05, 4.69) is 9.71 Å². The Morgan fingerprint density at radius 3 is 2.74 bits per heavy atom. The first-order valence-electron chi connectivity index (χ1n) is 6.24. The zero-order valence-electron chi connectivity index (χ0n) is 11.4. The summed E-state index contributed by atoms with van der Waals surface area (Å²) in [6.07, 6.45) is 2.72. The first-order chi connectivity index (χ1) is 8.79. The van der Waals surface area contributed by atoms with Gasteiger partial charge in [0, 0.05) is 19.2 Å². The van der Waals surface area contributed by atoms with Crippen molar-refractivity contribution in [2.45, 2.75) is 38.0 Å². The summed E-state index contributed by atoms with van der Waals surface area (Å²) in [4.78, 5) is 2.88. The van der Waals surface area contributed by atoms with Crippen molar-refractivity contribution < 1.29 is 17.9 Å². The molecule has 6 nitrogen and oxygen atoms in total. The topological polar surface area (TPSA) is 80.4 Å². The fraction of sp³-hybridized carbons (Fsp3) is 0.667. The highest BCUT2D eigenvalue weighted by molar-refractivity contribution is 7.94. The van der Waals surface area contributed by atoms with Crippen LogP contribution in [0.3, 0.4) is 0 Å². The zero-order chi connectivity index (χ0) is 14.1. The van der Waals surface area contributed by atoms with Gasteiger partial charge in [-0.2, -0.15) is 0 Å². The molecule has 0 radical (unpaired) electrons. The molecule has 1 aliphatic rings. The molecule has 0 aromatic carbocycles. The van der Waals surface area contributed by atoms with Gasteiger partial charge in [-0.15, -0.1) is 0 Å². The van der Waals surface area contributed by atoms with Crippen LogP contribution in [0.1, 0.15) is 27.2 Å². The molecule has 19 heavy (non-hydrogen) atoms. The van der Waals surface area contributed by atoms with Crippen LogP contribution in [0.25, 0.3) is 0 Å². The second-order valence-electron chi connectivity index (χ2n) is 5.53. The number of H-pyrrole nitrogens is 1. The number of aromatic amines is 1. The summed E-state index contributed by atoms with van der Waals surface area (Å²) in [6, 6.07) is 1.64. The first-order valence-corrected chi connectivity index (χ1v) is 7.72. The lowest BCUT2D eigenvalue weighted by atomic mass is 10.2. The molecule has 1 unspecified atom stereocenters. The van der Waals surface area contributed by atoms with Gasteiger partial charge in [0.15, 0.2) is 0 Å². The van der Waals surface area contributed by atoms with Gasteiger partial charge in [-0.05, 0) is 26.8 Å². The van der Waals surface area contributed by atoms with Gasteiger partial charge in [-0.25, -0.2) is 8.42 Å². The van der Waals surface area contributed by atoms with Gasteiger partial charge in [0.05, 0.1) is 10.9 Å². The molecular formula is C12H20N2O4S. The van der Waals surface area contributed by atoms with Crippen molar-refractivity contribution in [3.05, 3.63) is 12.3 Å². The maximum absolute atomic E-state index is 12.1. The normalized spacial score (nSPS) is 19.8. The maximum Gasteiger partial charge on any atom is 0.237 e. The number of nitrogens with one attached hydrogen (secondary N) is 2. The minimum absolute atomic E-state index is 0.107. The quantitative estimate of drug-likeness (QED) is 0.864. The van der Waals surface area contributed by atoms with Crippen LogP contribution in [0, 0.1) is 0 Å². The zero-order valence-corrected chi connectivity index (χ0v) is 12.2. The van der Waals surface area contributed by atoms with Crippen LogP contribution < -0.4 is 9.46 Å². The fourth-order valence-electron chi connectivity index (χ4n) is 1.44. The van der Waals surface area contributed by atoms with E-state index in [1.165, 1.54) is 0 Å². The molecular weight excluding hydrogens is 268 g/mol. The molecule has 0 spiro atoms. The van der Waals surface area contributed by atoms with E-state index in [-0.39, 0.29) is 6.10 Å². The molecule has 2 heterocycles. The van der Waals surface area contributed by atoms with Crippen LogP contribution in [-0.4, -0.2) is 37.5 Å². The highest BCUT2D eigenvalue weighted by Crippen LogP contribution is 2.27. The van der Waals surface area contributed by atoms with E-state index in [9.17, 15) is 8.42 Å². The third-order valence-electron chi connectivity index (χ3n) is 2.97. The molecule has 7 heteroatoms. The molecule has 1 aliphatic heterocycles. The number of anilines is 1. The van der Waals surface area contributed by atoms with Gasteiger partial charge in [0.25, 0.3) is 0 Å². The molecule has 2 N–H and O–H groups in total. The number of rotatable bonds is 5. The standard InChI is InChI=1S/C12H20N2O4S/c1-12(2,3)19(15,16)14-10-4-6-13-11(10)18-8-9-5-7-17-9/h4,6,9,13-14H,5,7-8H2,1-3H3. The Labute approximate surface area is 113 Å². The molecule has 1 aromatic rings. The van der Waals surface area contributed by atoms with Crippen molar-refractivity contribution in [2.75, 3.05) is 17.9 Å². The number of sulfonamides is 1. The monoisotopic (exact) mass is 288 g/mol. The molecule has 1 fully saturated rings. The number of ether oxygens (including phenoxy) is 2. The van der Waals surface area contributed by atoms with Gasteiger partial charge >= 0.3 is 0 Å². The van der Waals surface area contributed by atoms with E-state index in [1.807, 2.05) is 0 Å². The number of hydrogen-bond acceptors (Lipinski definition) is 4. The van der Waals surface area contributed by atoms with Crippen LogP contribution >= 0.6 is 0 Å². The molecule has 0 saturated carbocycles. The van der Waals surface area contributed by atoms with Crippen molar-refractivity contribution in [2.24, 2.45) is 0 Å². The summed E-state index contributed by atoms with van der Waals surface area (Å²) in [6.45, 7) is 6.12. The average Bonchev–Trinajstić information content (AvgIpc) is 2.61. The van der Waals surface area contributed by atoms with Gasteiger partial charge in [-0.1, -0.05) is 0 Å². The Bertz CT molecular complexity index is 526. The van der Waals surface area contributed by atoms with Crippen LogP contribution in [0.4, 0.5) is 5.69 Å². The lowest BCUT2D eigenvalue weighted by molar-refractivity contribution is -0.0725. The Kier molecular flexibility index (Phi) is 3.78. The van der Waals surface area contributed by atoms with Crippen LogP contribution in [0.5, 0.6) is 5.88 Å². The highest BCUT2D eigenvalue weighted by Gasteiger charge is 2.30. The Hall–Kier alpha value is -1.21. The summed E-state index contributed by atoms with van der Waals surface area (Å²) in [5.74, 6) is 0.420. The molecule has 0 aliphatic carbocycles. The van der Waals surface area contributed by atoms with Crippen LogP contribution in [0.2, 0.25) is 0 Å². The minimum Gasteiger partial charge on any atom is -0.475 e. The summed E-state index contributed by atoms with van der Waals surface area (Å²) >= 11 is 0. The number of aromatic nitrogens is 1. The van der Waals surface area contributed by atoms with Gasteiger partial charge in [-0.3, -0.25) is 4.72 Å². The molecule has 1 saturated heterocycles. The Morgan fingerprint density at radius 1 is 1.53 bits per heavy atom. The van der Waals surface area contributed by atoms with Crippen molar-refractivity contribution >= 4 is 15.7 Å². The fourth-order valence-corrected chi connectivity index (χ4v) is 2.20. The van der Waals surface area contributed by atoms with E-state index < -0.39 is 14.8 Å². The van der Waals surface area contributed by atoms with Gasteiger partial charge in [0.2, 0.25) is 15.9 Å². The van der Waals surface area contributed by atoms with E-state index in [0.29, 0.717) is 18.2 Å². The second kappa shape index (κ2) is 5.05. The SMILES string of the molecule is CC(C)(C)S(=O)(=O)Nc1cc[nH]c1OCC1CCO1. The number of hydrogen-bond donors (Lipinski definition) is 2. The molecule has 2 rings (SSSR count).